The van der Waals surface area contributed by atoms with E-state index in [0.29, 0.717) is 24.4 Å². The topological polar surface area (TPSA) is 49.4 Å². The van der Waals surface area contributed by atoms with Gasteiger partial charge in [0.25, 0.3) is 5.91 Å². The Morgan fingerprint density at radius 3 is 2.92 bits per heavy atom. The van der Waals surface area contributed by atoms with Gasteiger partial charge >= 0.3 is 0 Å². The Labute approximate surface area is 142 Å². The minimum atomic E-state index is -0.309. The molecule has 2 rings (SSSR count). The molecule has 1 aromatic carbocycles. The Morgan fingerprint density at radius 1 is 1.38 bits per heavy atom. The number of hydrogen-bond acceptors (Lipinski definition) is 2. The second-order valence-corrected chi connectivity index (χ2v) is 6.04. The number of nitrogens with zero attached hydrogens (tertiary/aromatic N) is 1. The lowest BCUT2D eigenvalue weighted by Crippen LogP contribution is -2.39. The van der Waals surface area contributed by atoms with Gasteiger partial charge in [0.15, 0.2) is 0 Å². The van der Waals surface area contributed by atoms with Crippen molar-refractivity contribution in [3.63, 3.8) is 0 Å². The molecule has 1 aromatic rings. The highest BCUT2D eigenvalue weighted by Crippen LogP contribution is 2.21. The van der Waals surface area contributed by atoms with Crippen molar-refractivity contribution in [2.45, 2.75) is 39.2 Å². The summed E-state index contributed by atoms with van der Waals surface area (Å²) in [6, 6.07) is 6.42. The molecule has 1 N–H and O–H groups in total. The van der Waals surface area contributed by atoms with Crippen LogP contribution in [0.1, 0.15) is 38.2 Å². The first-order chi connectivity index (χ1) is 11.6. The zero-order valence-electron chi connectivity index (χ0n) is 14.0. The van der Waals surface area contributed by atoms with Gasteiger partial charge in [-0.2, -0.15) is 0 Å². The molecule has 1 fully saturated rings. The largest absolute Gasteiger partial charge is 0.352 e. The van der Waals surface area contributed by atoms with Crippen LogP contribution >= 0.6 is 0 Å². The first-order valence-electron chi connectivity index (χ1n) is 8.32. The summed E-state index contributed by atoms with van der Waals surface area (Å²) < 4.78 is 13.5. The third-order valence-corrected chi connectivity index (χ3v) is 4.25. The van der Waals surface area contributed by atoms with Gasteiger partial charge in [-0.3, -0.25) is 9.59 Å². The standard InChI is InChI=1S/C19H23FN2O2/c1-2-6-19(24)22-12-5-7-15(14-22)10-11-18(23)21-13-16-8-3-4-9-17(16)20/h3-4,8-9,15H,5,7,10-14H2,1H3,(H,21,23). The molecule has 128 valence electrons. The van der Waals surface area contributed by atoms with E-state index in [9.17, 15) is 14.0 Å². The molecule has 1 aliphatic heterocycles. The number of rotatable bonds is 5. The predicted molar refractivity (Wildman–Crippen MR) is 90.2 cm³/mol. The highest BCUT2D eigenvalue weighted by atomic mass is 19.1. The lowest BCUT2D eigenvalue weighted by Gasteiger charge is -2.31. The van der Waals surface area contributed by atoms with E-state index in [1.165, 1.54) is 6.07 Å². The Morgan fingerprint density at radius 2 is 2.17 bits per heavy atom. The first kappa shape index (κ1) is 18.0. The number of piperidine rings is 1. The number of nitrogens with one attached hydrogen (secondary N) is 1. The number of amides is 2. The van der Waals surface area contributed by atoms with Crippen LogP contribution in [0.25, 0.3) is 0 Å². The van der Waals surface area contributed by atoms with Crippen molar-refractivity contribution in [2.75, 3.05) is 13.1 Å². The first-order valence-corrected chi connectivity index (χ1v) is 8.32. The molecule has 5 heteroatoms. The maximum atomic E-state index is 13.5. The minimum Gasteiger partial charge on any atom is -0.352 e. The molecule has 1 aliphatic rings. The number of hydrogen-bond donors (Lipinski definition) is 1. The van der Waals surface area contributed by atoms with Gasteiger partial charge in [-0.25, -0.2) is 4.39 Å². The Hall–Kier alpha value is -2.35. The Kier molecular flexibility index (Phi) is 6.80. The van der Waals surface area contributed by atoms with Crippen LogP contribution in [-0.4, -0.2) is 29.8 Å². The van der Waals surface area contributed by atoms with Crippen LogP contribution in [0.5, 0.6) is 0 Å². The summed E-state index contributed by atoms with van der Waals surface area (Å²) in [7, 11) is 0. The van der Waals surface area contributed by atoms with Crippen molar-refractivity contribution in [3.8, 4) is 11.8 Å². The second kappa shape index (κ2) is 9.07. The molecule has 0 bridgehead atoms. The Bertz CT molecular complexity index is 648. The average Bonchev–Trinajstić information content (AvgIpc) is 2.60. The Balaban J connectivity index is 1.74. The molecule has 1 unspecified atom stereocenters. The molecule has 0 aliphatic carbocycles. The molecule has 2 amide bonds. The summed E-state index contributed by atoms with van der Waals surface area (Å²) in [6.45, 7) is 3.25. The summed E-state index contributed by atoms with van der Waals surface area (Å²) in [4.78, 5) is 25.5. The van der Waals surface area contributed by atoms with Crippen molar-refractivity contribution in [2.24, 2.45) is 5.92 Å². The lowest BCUT2D eigenvalue weighted by molar-refractivity contribution is -0.126. The predicted octanol–water partition coefficient (Wildman–Crippen LogP) is 2.48. The van der Waals surface area contributed by atoms with Gasteiger partial charge in [0.1, 0.15) is 5.82 Å². The van der Waals surface area contributed by atoms with Gasteiger partial charge in [-0.1, -0.05) is 24.1 Å². The summed E-state index contributed by atoms with van der Waals surface area (Å²) in [5.74, 6) is 4.99. The molecular weight excluding hydrogens is 307 g/mol. The van der Waals surface area contributed by atoms with E-state index >= 15 is 0 Å². The zero-order valence-corrected chi connectivity index (χ0v) is 14.0. The van der Waals surface area contributed by atoms with Crippen molar-refractivity contribution in [3.05, 3.63) is 35.6 Å². The van der Waals surface area contributed by atoms with Gasteiger partial charge in [-0.05, 0) is 44.1 Å². The smallest absolute Gasteiger partial charge is 0.298 e. The van der Waals surface area contributed by atoms with Gasteiger partial charge in [-0.15, -0.1) is 0 Å². The maximum absolute atomic E-state index is 13.5. The molecule has 24 heavy (non-hydrogen) atoms. The van der Waals surface area contributed by atoms with Crippen LogP contribution in [0.15, 0.2) is 24.3 Å². The molecular formula is C19H23FN2O2. The SMILES string of the molecule is CC#CC(=O)N1CCCC(CCC(=O)NCc2ccccc2F)C1. The number of carbonyl (C=O) groups is 2. The van der Waals surface area contributed by atoms with Gasteiger partial charge < -0.3 is 10.2 Å². The monoisotopic (exact) mass is 330 g/mol. The van der Waals surface area contributed by atoms with E-state index in [2.05, 4.69) is 17.2 Å². The fourth-order valence-corrected chi connectivity index (χ4v) is 2.93. The summed E-state index contributed by atoms with van der Waals surface area (Å²) in [5.41, 5.74) is 0.485. The fourth-order valence-electron chi connectivity index (χ4n) is 2.93. The maximum Gasteiger partial charge on any atom is 0.298 e. The van der Waals surface area contributed by atoms with Crippen LogP contribution in [0.4, 0.5) is 4.39 Å². The van der Waals surface area contributed by atoms with Gasteiger partial charge in [0.05, 0.1) is 0 Å². The van der Waals surface area contributed by atoms with Crippen LogP contribution < -0.4 is 5.32 Å². The summed E-state index contributed by atoms with van der Waals surface area (Å²) in [5, 5.41) is 2.75. The van der Waals surface area contributed by atoms with Crippen molar-refractivity contribution in [1.29, 1.82) is 0 Å². The van der Waals surface area contributed by atoms with E-state index in [-0.39, 0.29) is 24.2 Å². The molecule has 4 nitrogen and oxygen atoms in total. The van der Waals surface area contributed by atoms with E-state index in [1.807, 2.05) is 0 Å². The van der Waals surface area contributed by atoms with Crippen LogP contribution in [-0.2, 0) is 16.1 Å². The summed E-state index contributed by atoms with van der Waals surface area (Å²) >= 11 is 0. The third kappa shape index (κ3) is 5.38. The van der Waals surface area contributed by atoms with Gasteiger partial charge in [0.2, 0.25) is 5.91 Å². The quantitative estimate of drug-likeness (QED) is 0.843. The average molecular weight is 330 g/mol. The number of carbonyl (C=O) groups excluding carboxylic acids is 2. The normalized spacial score (nSPS) is 16.9. The zero-order chi connectivity index (χ0) is 17.4. The van der Waals surface area contributed by atoms with Crippen LogP contribution in [0.2, 0.25) is 0 Å². The molecule has 1 atom stereocenters. The van der Waals surface area contributed by atoms with Crippen molar-refractivity contribution >= 4 is 11.8 Å². The highest BCUT2D eigenvalue weighted by molar-refractivity contribution is 5.93. The molecule has 0 aromatic heterocycles. The van der Waals surface area contributed by atoms with Crippen molar-refractivity contribution in [1.82, 2.24) is 10.2 Å². The van der Waals surface area contributed by atoms with Gasteiger partial charge in [0, 0.05) is 31.6 Å². The molecule has 1 saturated heterocycles. The minimum absolute atomic E-state index is 0.0879. The van der Waals surface area contributed by atoms with Crippen LogP contribution in [0, 0.1) is 23.6 Å². The number of benzene rings is 1. The third-order valence-electron chi connectivity index (χ3n) is 4.25. The van der Waals surface area contributed by atoms with E-state index in [1.54, 1.807) is 30.0 Å². The molecule has 0 radical (unpaired) electrons. The molecule has 0 spiro atoms. The second-order valence-electron chi connectivity index (χ2n) is 6.04. The number of halogens is 1. The lowest BCUT2D eigenvalue weighted by atomic mass is 9.93. The van der Waals surface area contributed by atoms with E-state index < -0.39 is 0 Å². The molecule has 0 saturated carbocycles. The fraction of sp³-hybridized carbons (Fsp3) is 0.474. The van der Waals surface area contributed by atoms with Crippen molar-refractivity contribution < 1.29 is 14.0 Å². The van der Waals surface area contributed by atoms with E-state index in [4.69, 9.17) is 0 Å². The summed E-state index contributed by atoms with van der Waals surface area (Å²) in [6.07, 6.45) is 3.08. The molecule has 1 heterocycles. The van der Waals surface area contributed by atoms with E-state index in [0.717, 1.165) is 25.8 Å². The highest BCUT2D eigenvalue weighted by Gasteiger charge is 2.23. The van der Waals surface area contributed by atoms with Crippen LogP contribution in [0.3, 0.4) is 0 Å². The number of likely N-dealkylation sites (tertiary alicyclic amines) is 1.